The largest absolute Gasteiger partial charge is 0.350 e. The van der Waals surface area contributed by atoms with Gasteiger partial charge in [0.25, 0.3) is 0 Å². The first-order chi connectivity index (χ1) is 7.66. The Morgan fingerprint density at radius 3 is 2.81 bits per heavy atom. The number of aromatic nitrogens is 1. The van der Waals surface area contributed by atoms with Crippen LogP contribution in [0.15, 0.2) is 28.9 Å². The smallest absolute Gasteiger partial charge is 0.130 e. The van der Waals surface area contributed by atoms with Gasteiger partial charge >= 0.3 is 0 Å². The molecule has 0 aliphatic heterocycles. The van der Waals surface area contributed by atoms with E-state index in [9.17, 15) is 4.79 Å². The van der Waals surface area contributed by atoms with Crippen LogP contribution in [0.1, 0.15) is 18.4 Å². The molecule has 82 valence electrons. The Kier molecular flexibility index (Phi) is 2.02. The van der Waals surface area contributed by atoms with E-state index in [0.717, 1.165) is 23.6 Å². The second kappa shape index (κ2) is 3.20. The standard InChI is InChI=1S/C13H12BrNO/c1-15-7-11(13(8-16)4-5-13)10-3-2-9(14)6-12(10)15/h2-3,6-8H,4-5H2,1H3. The predicted molar refractivity (Wildman–Crippen MR) is 67.6 cm³/mol. The average Bonchev–Trinajstić information content (AvgIpc) is 3.01. The van der Waals surface area contributed by atoms with Crippen LogP contribution < -0.4 is 0 Å². The summed E-state index contributed by atoms with van der Waals surface area (Å²) in [5, 5.41) is 1.20. The Hall–Kier alpha value is -1.09. The number of nitrogens with zero attached hydrogens (tertiary/aromatic N) is 1. The van der Waals surface area contributed by atoms with Crippen molar-refractivity contribution in [3.63, 3.8) is 0 Å². The van der Waals surface area contributed by atoms with Crippen molar-refractivity contribution in [1.82, 2.24) is 4.57 Å². The van der Waals surface area contributed by atoms with Crippen molar-refractivity contribution < 1.29 is 4.79 Å². The van der Waals surface area contributed by atoms with Gasteiger partial charge in [0.2, 0.25) is 0 Å². The number of carbonyl (C=O) groups excluding carboxylic acids is 1. The Bertz CT molecular complexity index is 581. The van der Waals surface area contributed by atoms with E-state index < -0.39 is 0 Å². The maximum absolute atomic E-state index is 11.2. The highest BCUT2D eigenvalue weighted by Gasteiger charge is 2.45. The highest BCUT2D eigenvalue weighted by molar-refractivity contribution is 9.10. The molecular weight excluding hydrogens is 266 g/mol. The number of hydrogen-bond donors (Lipinski definition) is 0. The lowest BCUT2D eigenvalue weighted by Crippen LogP contribution is -2.06. The van der Waals surface area contributed by atoms with Gasteiger partial charge in [-0.2, -0.15) is 0 Å². The molecule has 16 heavy (non-hydrogen) atoms. The molecule has 0 N–H and O–H groups in total. The monoisotopic (exact) mass is 277 g/mol. The molecule has 1 fully saturated rings. The first kappa shape index (κ1) is 10.1. The molecule has 0 bridgehead atoms. The molecule has 0 radical (unpaired) electrons. The second-order valence-corrected chi connectivity index (χ2v) is 5.50. The summed E-state index contributed by atoms with van der Waals surface area (Å²) in [7, 11) is 2.03. The Balaban J connectivity index is 2.31. The molecule has 1 aliphatic carbocycles. The zero-order valence-electron chi connectivity index (χ0n) is 9.03. The third-order valence-corrected chi connectivity index (χ3v) is 4.00. The second-order valence-electron chi connectivity index (χ2n) is 4.59. The van der Waals surface area contributed by atoms with Crippen molar-refractivity contribution in [3.05, 3.63) is 34.4 Å². The van der Waals surface area contributed by atoms with Crippen LogP contribution in [0, 0.1) is 0 Å². The number of aryl methyl sites for hydroxylation is 1. The van der Waals surface area contributed by atoms with Crippen molar-refractivity contribution in [2.45, 2.75) is 18.3 Å². The van der Waals surface area contributed by atoms with Crippen molar-refractivity contribution in [2.24, 2.45) is 7.05 Å². The minimum atomic E-state index is -0.187. The van der Waals surface area contributed by atoms with Crippen LogP contribution in [0.3, 0.4) is 0 Å². The third-order valence-electron chi connectivity index (χ3n) is 3.50. The summed E-state index contributed by atoms with van der Waals surface area (Å²) in [6, 6.07) is 6.23. The van der Waals surface area contributed by atoms with Crippen molar-refractivity contribution in [2.75, 3.05) is 0 Å². The van der Waals surface area contributed by atoms with Crippen LogP contribution >= 0.6 is 15.9 Å². The van der Waals surface area contributed by atoms with Crippen molar-refractivity contribution in [3.8, 4) is 0 Å². The molecule has 0 amide bonds. The van der Waals surface area contributed by atoms with E-state index in [1.807, 2.05) is 13.1 Å². The van der Waals surface area contributed by atoms with E-state index >= 15 is 0 Å². The minimum absolute atomic E-state index is 0.187. The predicted octanol–water partition coefficient (Wildman–Crippen LogP) is 3.17. The fraction of sp³-hybridized carbons (Fsp3) is 0.308. The van der Waals surface area contributed by atoms with Crippen LogP contribution in [0.2, 0.25) is 0 Å². The Morgan fingerprint density at radius 2 is 2.19 bits per heavy atom. The Morgan fingerprint density at radius 1 is 1.44 bits per heavy atom. The van der Waals surface area contributed by atoms with Gasteiger partial charge in [-0.3, -0.25) is 0 Å². The molecule has 3 rings (SSSR count). The summed E-state index contributed by atoms with van der Waals surface area (Å²) in [6.45, 7) is 0. The lowest BCUT2D eigenvalue weighted by atomic mass is 9.97. The molecule has 1 aromatic carbocycles. The number of hydrogen-bond acceptors (Lipinski definition) is 1. The number of benzene rings is 1. The van der Waals surface area contributed by atoms with Gasteiger partial charge in [-0.15, -0.1) is 0 Å². The van der Waals surface area contributed by atoms with Gasteiger partial charge in [0.1, 0.15) is 6.29 Å². The van der Waals surface area contributed by atoms with E-state index in [2.05, 4.69) is 38.8 Å². The zero-order valence-corrected chi connectivity index (χ0v) is 10.6. The van der Waals surface area contributed by atoms with E-state index in [1.54, 1.807) is 0 Å². The summed E-state index contributed by atoms with van der Waals surface area (Å²) in [5.41, 5.74) is 2.18. The quantitative estimate of drug-likeness (QED) is 0.773. The normalized spacial score (nSPS) is 17.6. The molecular formula is C13H12BrNO. The van der Waals surface area contributed by atoms with Gasteiger partial charge in [0.05, 0.1) is 5.41 Å². The van der Waals surface area contributed by atoms with Crippen LogP contribution in [0.25, 0.3) is 10.9 Å². The molecule has 1 heterocycles. The molecule has 0 atom stereocenters. The molecule has 0 saturated heterocycles. The number of rotatable bonds is 2. The molecule has 1 aromatic heterocycles. The molecule has 2 aromatic rings. The number of halogens is 1. The molecule has 1 saturated carbocycles. The van der Waals surface area contributed by atoms with E-state index in [4.69, 9.17) is 0 Å². The Labute approximate surface area is 102 Å². The van der Waals surface area contributed by atoms with Crippen LogP contribution in [0.4, 0.5) is 0 Å². The van der Waals surface area contributed by atoms with Crippen LogP contribution in [-0.4, -0.2) is 10.9 Å². The van der Waals surface area contributed by atoms with Crippen molar-refractivity contribution >= 4 is 33.1 Å². The van der Waals surface area contributed by atoms with E-state index in [0.29, 0.717) is 0 Å². The fourth-order valence-electron chi connectivity index (χ4n) is 2.34. The summed E-state index contributed by atoms with van der Waals surface area (Å²) in [5.74, 6) is 0. The fourth-order valence-corrected chi connectivity index (χ4v) is 2.69. The molecule has 2 nitrogen and oxygen atoms in total. The van der Waals surface area contributed by atoms with Gasteiger partial charge in [-0.05, 0) is 30.5 Å². The highest BCUT2D eigenvalue weighted by atomic mass is 79.9. The first-order valence-corrected chi connectivity index (χ1v) is 6.17. The molecule has 0 unspecified atom stereocenters. The zero-order chi connectivity index (χ0) is 11.3. The maximum atomic E-state index is 11.2. The topological polar surface area (TPSA) is 22.0 Å². The third kappa shape index (κ3) is 1.27. The number of carbonyl (C=O) groups is 1. The van der Waals surface area contributed by atoms with Gasteiger partial charge in [-0.1, -0.05) is 22.0 Å². The average molecular weight is 278 g/mol. The van der Waals surface area contributed by atoms with Gasteiger partial charge in [0.15, 0.2) is 0 Å². The van der Waals surface area contributed by atoms with Gasteiger partial charge < -0.3 is 9.36 Å². The van der Waals surface area contributed by atoms with Crippen LogP contribution in [-0.2, 0) is 17.3 Å². The van der Waals surface area contributed by atoms with E-state index in [1.165, 1.54) is 16.5 Å². The summed E-state index contributed by atoms with van der Waals surface area (Å²) in [4.78, 5) is 11.2. The van der Waals surface area contributed by atoms with Crippen LogP contribution in [0.5, 0.6) is 0 Å². The molecule has 1 aliphatic rings. The minimum Gasteiger partial charge on any atom is -0.350 e. The van der Waals surface area contributed by atoms with Gasteiger partial charge in [-0.25, -0.2) is 0 Å². The summed E-state index contributed by atoms with van der Waals surface area (Å²) < 4.78 is 3.17. The van der Waals surface area contributed by atoms with Crippen molar-refractivity contribution in [1.29, 1.82) is 0 Å². The van der Waals surface area contributed by atoms with E-state index in [-0.39, 0.29) is 5.41 Å². The van der Waals surface area contributed by atoms with Gasteiger partial charge in [0, 0.05) is 28.6 Å². The molecule has 3 heteroatoms. The lowest BCUT2D eigenvalue weighted by Gasteiger charge is -2.04. The number of aldehydes is 1. The number of fused-ring (bicyclic) bond motifs is 1. The summed E-state index contributed by atoms with van der Waals surface area (Å²) in [6.07, 6.45) is 5.19. The highest BCUT2D eigenvalue weighted by Crippen LogP contribution is 2.49. The summed E-state index contributed by atoms with van der Waals surface area (Å²) >= 11 is 3.48. The first-order valence-electron chi connectivity index (χ1n) is 5.38. The maximum Gasteiger partial charge on any atom is 0.130 e. The molecule has 0 spiro atoms. The SMILES string of the molecule is Cn1cc(C2(C=O)CC2)c2ccc(Br)cc21. The lowest BCUT2D eigenvalue weighted by molar-refractivity contribution is -0.109.